The molecular formula is C42H71NO19. The van der Waals surface area contributed by atoms with E-state index in [0.717, 1.165) is 37.7 Å². The van der Waals surface area contributed by atoms with Crippen LogP contribution in [0.15, 0.2) is 11.6 Å². The van der Waals surface area contributed by atoms with Crippen LogP contribution < -0.4 is 6.15 Å². The number of hydrogen-bond donors (Lipinski definition) is 9. The molecule has 2 heterocycles. The first-order valence-corrected chi connectivity index (χ1v) is 20.7. The van der Waals surface area contributed by atoms with Gasteiger partial charge in [0.1, 0.15) is 36.6 Å². The highest BCUT2D eigenvalue weighted by atomic mass is 16.8. The molecule has 7 aliphatic rings. The highest BCUT2D eigenvalue weighted by Crippen LogP contribution is 2.75. The van der Waals surface area contributed by atoms with Crippen molar-refractivity contribution in [3.05, 3.63) is 11.6 Å². The molecule has 4 saturated carbocycles. The molecule has 0 radical (unpaired) electrons. The van der Waals surface area contributed by atoms with Crippen molar-refractivity contribution in [1.29, 1.82) is 0 Å². The van der Waals surface area contributed by atoms with Gasteiger partial charge >= 0.3 is 17.9 Å². The van der Waals surface area contributed by atoms with Crippen LogP contribution in [0, 0.1) is 50.2 Å². The maximum absolute atomic E-state index is 14.8. The Morgan fingerprint density at radius 2 is 1.23 bits per heavy atom. The highest BCUT2D eigenvalue weighted by molar-refractivity contribution is 5.95. The fourth-order valence-corrected chi connectivity index (χ4v) is 13.4. The quantitative estimate of drug-likeness (QED) is 0.151. The molecule has 2 saturated heterocycles. The van der Waals surface area contributed by atoms with Gasteiger partial charge in [0.2, 0.25) is 0 Å². The predicted octanol–water partition coefficient (Wildman–Crippen LogP) is -0.0665. The van der Waals surface area contributed by atoms with Crippen molar-refractivity contribution in [2.24, 2.45) is 50.2 Å². The average Bonchev–Trinajstić information content (AvgIpc) is 3.13. The molecule has 1 unspecified atom stereocenters. The fourth-order valence-electron chi connectivity index (χ4n) is 13.4. The normalized spacial score (nSPS) is 49.2. The number of ketones is 1. The van der Waals surface area contributed by atoms with Crippen molar-refractivity contribution >= 4 is 23.7 Å². The van der Waals surface area contributed by atoms with Gasteiger partial charge in [0.05, 0.1) is 11.5 Å². The average molecular weight is 894 g/mol. The Balaban J connectivity index is 0.00000256. The van der Waals surface area contributed by atoms with Crippen molar-refractivity contribution in [1.82, 2.24) is 6.15 Å². The van der Waals surface area contributed by atoms with Crippen LogP contribution in [0.3, 0.4) is 0 Å². The minimum Gasteiger partial charge on any atom is -0.481 e. The number of carbonyl (C=O) groups is 4. The van der Waals surface area contributed by atoms with Crippen LogP contribution in [0.5, 0.6) is 0 Å². The second kappa shape index (κ2) is 17.6. The molecule has 20 nitrogen and oxygen atoms in total. The summed E-state index contributed by atoms with van der Waals surface area (Å²) >= 11 is 0. The Hall–Kier alpha value is -2.70. The number of carbonyl (C=O) groups excluding carboxylic acids is 1. The summed E-state index contributed by atoms with van der Waals surface area (Å²) in [6.07, 6.45) is -12.2. The maximum atomic E-state index is 14.8. The minimum absolute atomic E-state index is 0. The number of aliphatic hydroxyl groups is 5. The number of ether oxygens (including phenoxy) is 4. The number of aliphatic hydroxyl groups excluding tert-OH is 5. The van der Waals surface area contributed by atoms with Gasteiger partial charge in [0, 0.05) is 5.92 Å². The topological polar surface area (TPSA) is 397 Å². The molecule has 5 aliphatic carbocycles. The number of carboxylic acids is 3. The Kier molecular flexibility index (Phi) is 15.2. The second-order valence-electron chi connectivity index (χ2n) is 20.6. The van der Waals surface area contributed by atoms with Crippen molar-refractivity contribution < 1.29 is 95.4 Å². The van der Waals surface area contributed by atoms with Gasteiger partial charge in [0.15, 0.2) is 30.6 Å². The molecule has 0 aromatic carbocycles. The van der Waals surface area contributed by atoms with Crippen molar-refractivity contribution in [3.63, 3.8) is 0 Å². The summed E-state index contributed by atoms with van der Waals surface area (Å²) in [4.78, 5) is 51.3. The summed E-state index contributed by atoms with van der Waals surface area (Å²) in [7, 11) is 0. The van der Waals surface area contributed by atoms with Gasteiger partial charge in [-0.1, -0.05) is 47.1 Å². The van der Waals surface area contributed by atoms with Crippen molar-refractivity contribution in [2.75, 3.05) is 0 Å². The zero-order chi connectivity index (χ0) is 42.9. The standard InChI is InChI=1S/C42H62O16.H3N.3H2O/c1-37(2)21-8-11-42(7)31(20(43)16-18-19-17-39(4,36(53)54)13-12-38(19,3)14-15-41(18,42)6)40(21,5)10-9-22(37)55-35-30(26(47)25(46)29(57-35)33(51)52)58-34-27(48)23(44)24(45)28(56-34)32(49)50;;;;/h16,19,21-31,34-35,44-48H,8-15,17H2,1-7H3,(H,49,50)(H,51,52)(H,53,54);1H3;3*1H2/t19-,21?,22-,23-,24-,25-,26-,27+,28-,29-,30+,31+,34-,35-,38+,39-,40-,41+,42+;;;;/m0..../s1. The van der Waals surface area contributed by atoms with E-state index >= 15 is 0 Å². The summed E-state index contributed by atoms with van der Waals surface area (Å²) in [6.45, 7) is 14.8. The summed E-state index contributed by atoms with van der Waals surface area (Å²) in [5.74, 6) is -4.47. The predicted molar refractivity (Wildman–Crippen MR) is 215 cm³/mol. The Morgan fingerprint density at radius 3 is 1.79 bits per heavy atom. The lowest BCUT2D eigenvalue weighted by atomic mass is 9.33. The summed E-state index contributed by atoms with van der Waals surface area (Å²) in [6, 6.07) is 0. The monoisotopic (exact) mass is 893 g/mol. The first-order chi connectivity index (χ1) is 26.8. The van der Waals surface area contributed by atoms with Crippen LogP contribution in [0.4, 0.5) is 0 Å². The molecule has 0 aromatic heterocycles. The number of allylic oxidation sites excluding steroid dienone is 2. The lowest BCUT2D eigenvalue weighted by Gasteiger charge is -2.70. The summed E-state index contributed by atoms with van der Waals surface area (Å²) < 4.78 is 23.4. The zero-order valence-electron chi connectivity index (χ0n) is 36.6. The van der Waals surface area contributed by atoms with Crippen LogP contribution in [0.2, 0.25) is 0 Å². The third kappa shape index (κ3) is 7.73. The van der Waals surface area contributed by atoms with Gasteiger partial charge in [-0.2, -0.15) is 0 Å². The van der Waals surface area contributed by atoms with Crippen LogP contribution in [-0.2, 0) is 38.1 Å². The number of fused-ring (bicyclic) bond motifs is 7. The molecule has 20 heteroatoms. The number of carboxylic acid groups (broad SMARTS) is 3. The van der Waals surface area contributed by atoms with E-state index in [1.54, 1.807) is 0 Å². The third-order valence-corrected chi connectivity index (χ3v) is 17.2. The Labute approximate surface area is 360 Å². The van der Waals surface area contributed by atoms with E-state index < -0.39 is 107 Å². The summed E-state index contributed by atoms with van der Waals surface area (Å²) in [5, 5.41) is 83.0. The fraction of sp³-hybridized carbons (Fsp3) is 0.857. The molecule has 0 bridgehead atoms. The molecule has 62 heavy (non-hydrogen) atoms. The van der Waals surface area contributed by atoms with E-state index in [4.69, 9.17) is 18.9 Å². The second-order valence-corrected chi connectivity index (χ2v) is 20.6. The third-order valence-electron chi connectivity index (χ3n) is 17.2. The van der Waals surface area contributed by atoms with Gasteiger partial charge < -0.3 is 82.4 Å². The van der Waals surface area contributed by atoms with Gasteiger partial charge in [-0.3, -0.25) is 9.59 Å². The molecule has 6 fully saturated rings. The largest absolute Gasteiger partial charge is 0.481 e. The van der Waals surface area contributed by atoms with E-state index in [0.29, 0.717) is 25.7 Å². The molecule has 0 aromatic rings. The highest BCUT2D eigenvalue weighted by Gasteiger charge is 2.71. The first kappa shape index (κ1) is 53.6. The lowest BCUT2D eigenvalue weighted by molar-refractivity contribution is -0.371. The van der Waals surface area contributed by atoms with E-state index in [9.17, 15) is 60.0 Å². The molecule has 7 rings (SSSR count). The van der Waals surface area contributed by atoms with Crippen molar-refractivity contribution in [3.8, 4) is 0 Å². The van der Waals surface area contributed by atoms with Crippen LogP contribution in [0.1, 0.15) is 106 Å². The molecular weight excluding hydrogens is 822 g/mol. The van der Waals surface area contributed by atoms with Gasteiger partial charge in [0.25, 0.3) is 0 Å². The lowest BCUT2D eigenvalue weighted by Crippen LogP contribution is -2.68. The van der Waals surface area contributed by atoms with Gasteiger partial charge in [-0.05, 0) is 110 Å². The smallest absolute Gasteiger partial charge is 0.335 e. The molecule has 0 amide bonds. The zero-order valence-corrected chi connectivity index (χ0v) is 36.6. The number of aliphatic carboxylic acids is 3. The molecule has 19 atom stereocenters. The molecule has 358 valence electrons. The first-order valence-electron chi connectivity index (χ1n) is 20.7. The molecule has 0 spiro atoms. The summed E-state index contributed by atoms with van der Waals surface area (Å²) in [5.41, 5.74) is -1.81. The molecule has 2 aliphatic heterocycles. The molecule has 17 N–H and O–H groups in total. The maximum Gasteiger partial charge on any atom is 0.335 e. The van der Waals surface area contributed by atoms with Crippen molar-refractivity contribution in [2.45, 2.75) is 174 Å². The minimum atomic E-state index is -2.05. The van der Waals surface area contributed by atoms with E-state index in [2.05, 4.69) is 27.7 Å². The number of rotatable bonds is 7. The Bertz CT molecular complexity index is 1740. The Morgan fingerprint density at radius 1 is 0.677 bits per heavy atom. The van der Waals surface area contributed by atoms with Crippen LogP contribution in [0.25, 0.3) is 0 Å². The SMILES string of the molecule is CC1(C)C2CC[C@]3(C)[C@H](C(=O)C=C4[C@@H]5C[C@@](C)(C(=O)O)CC[C@]5(C)CC[C@]43C)[C@@]2(C)CC[C@@H]1O[C@H]1O[C@H](C(=O)O)[C@@H](O)[C@H](O)[C@H]1O[C@@H]1O[C@H](C(=O)O)[C@@H](O)[C@H](O)[C@H]1O.N.O.O.O. The van der Waals surface area contributed by atoms with Crippen LogP contribution in [-0.4, -0.2) is 148 Å². The van der Waals surface area contributed by atoms with E-state index in [1.165, 1.54) is 0 Å². The van der Waals surface area contributed by atoms with Crippen LogP contribution >= 0.6 is 0 Å². The van der Waals surface area contributed by atoms with Gasteiger partial charge in [-0.15, -0.1) is 0 Å². The van der Waals surface area contributed by atoms with Gasteiger partial charge in [-0.25, -0.2) is 9.59 Å². The number of hydrogen-bond acceptors (Lipinski definition) is 14. The van der Waals surface area contributed by atoms with E-state index in [-0.39, 0.29) is 56.9 Å². The van der Waals surface area contributed by atoms with E-state index in [1.807, 2.05) is 26.8 Å².